The van der Waals surface area contributed by atoms with E-state index >= 15 is 0 Å². The molecule has 0 bridgehead atoms. The van der Waals surface area contributed by atoms with Crippen LogP contribution in [0.5, 0.6) is 11.5 Å². The normalized spacial score (nSPS) is 15.1. The van der Waals surface area contributed by atoms with E-state index in [4.69, 9.17) is 33.3 Å². The van der Waals surface area contributed by atoms with Crippen molar-refractivity contribution in [1.82, 2.24) is 5.32 Å². The Morgan fingerprint density at radius 3 is 2.61 bits per heavy atom. The molecule has 7 heteroatoms. The van der Waals surface area contributed by atoms with Crippen LogP contribution in [0.4, 0.5) is 5.69 Å². The number of amides is 1. The Balaban J connectivity index is 1.93. The first-order chi connectivity index (χ1) is 13.5. The van der Waals surface area contributed by atoms with Gasteiger partial charge in [-0.1, -0.05) is 36.7 Å². The first-order valence-corrected chi connectivity index (χ1v) is 9.85. The van der Waals surface area contributed by atoms with Gasteiger partial charge in [0.25, 0.3) is 5.91 Å². The van der Waals surface area contributed by atoms with Crippen LogP contribution >= 0.6 is 23.8 Å². The summed E-state index contributed by atoms with van der Waals surface area (Å²) in [6, 6.07) is 12.8. The minimum Gasteiger partial charge on any atom is -0.490 e. The maximum atomic E-state index is 12.8. The third kappa shape index (κ3) is 4.29. The zero-order valence-electron chi connectivity index (χ0n) is 15.7. The van der Waals surface area contributed by atoms with Crippen molar-refractivity contribution in [2.45, 2.75) is 20.3 Å². The molecule has 1 fully saturated rings. The van der Waals surface area contributed by atoms with Crippen LogP contribution in [0.1, 0.15) is 25.8 Å². The van der Waals surface area contributed by atoms with Crippen molar-refractivity contribution in [2.75, 3.05) is 18.1 Å². The highest BCUT2D eigenvalue weighted by molar-refractivity contribution is 7.80. The lowest BCUT2D eigenvalue weighted by molar-refractivity contribution is -0.113. The lowest BCUT2D eigenvalue weighted by Crippen LogP contribution is -2.30. The highest BCUT2D eigenvalue weighted by atomic mass is 35.5. The average molecular weight is 417 g/mol. The number of nitrogens with one attached hydrogen (secondary N) is 1. The number of nitrogens with zero attached hydrogens (tertiary/aromatic N) is 1. The highest BCUT2D eigenvalue weighted by Crippen LogP contribution is 2.37. The summed E-state index contributed by atoms with van der Waals surface area (Å²) in [6.07, 6.45) is 2.56. The first kappa shape index (κ1) is 20.2. The van der Waals surface area contributed by atoms with Crippen LogP contribution in [-0.4, -0.2) is 24.2 Å². The van der Waals surface area contributed by atoms with Gasteiger partial charge in [-0.25, -0.2) is 0 Å². The van der Waals surface area contributed by atoms with E-state index in [1.54, 1.807) is 18.2 Å². The number of hydrogen-bond acceptors (Lipinski definition) is 4. The van der Waals surface area contributed by atoms with E-state index < -0.39 is 0 Å². The van der Waals surface area contributed by atoms with Gasteiger partial charge in [-0.3, -0.25) is 9.69 Å². The molecular weight excluding hydrogens is 396 g/mol. The van der Waals surface area contributed by atoms with Crippen LogP contribution in [0.15, 0.2) is 48.2 Å². The molecule has 5 nitrogen and oxygen atoms in total. The number of benzene rings is 2. The van der Waals surface area contributed by atoms with E-state index in [0.29, 0.717) is 51.8 Å². The van der Waals surface area contributed by atoms with Crippen molar-refractivity contribution in [3.05, 3.63) is 58.7 Å². The number of carbonyl (C=O) groups excluding carboxylic acids is 1. The molecule has 1 N–H and O–H groups in total. The number of thiocarbonyl (C=S) groups is 1. The second-order valence-corrected chi connectivity index (χ2v) is 6.87. The Bertz CT molecular complexity index is 915. The topological polar surface area (TPSA) is 50.8 Å². The van der Waals surface area contributed by atoms with E-state index in [9.17, 15) is 4.79 Å². The predicted molar refractivity (Wildman–Crippen MR) is 116 cm³/mol. The molecule has 0 aliphatic carbocycles. The van der Waals surface area contributed by atoms with Crippen LogP contribution in [0.25, 0.3) is 6.08 Å². The maximum absolute atomic E-state index is 12.8. The van der Waals surface area contributed by atoms with E-state index in [2.05, 4.69) is 5.32 Å². The van der Waals surface area contributed by atoms with E-state index in [1.807, 2.05) is 44.2 Å². The van der Waals surface area contributed by atoms with Gasteiger partial charge in [0.2, 0.25) is 0 Å². The molecule has 28 heavy (non-hydrogen) atoms. The summed E-state index contributed by atoms with van der Waals surface area (Å²) in [5, 5.41) is 3.74. The van der Waals surface area contributed by atoms with Crippen LogP contribution in [-0.2, 0) is 4.79 Å². The Morgan fingerprint density at radius 2 is 1.93 bits per heavy atom. The molecule has 2 aromatic carbocycles. The van der Waals surface area contributed by atoms with Crippen molar-refractivity contribution in [1.29, 1.82) is 0 Å². The molecule has 1 saturated heterocycles. The molecule has 1 heterocycles. The quantitative estimate of drug-likeness (QED) is 0.519. The van der Waals surface area contributed by atoms with Gasteiger partial charge in [0.1, 0.15) is 5.70 Å². The number of hydrogen-bond donors (Lipinski definition) is 1. The van der Waals surface area contributed by atoms with Gasteiger partial charge >= 0.3 is 0 Å². The summed E-state index contributed by atoms with van der Waals surface area (Å²) in [5.41, 5.74) is 1.80. The third-order valence-corrected chi connectivity index (χ3v) is 4.55. The third-order valence-electron chi connectivity index (χ3n) is 3.99. The average Bonchev–Trinajstić information content (AvgIpc) is 2.95. The van der Waals surface area contributed by atoms with Crippen molar-refractivity contribution in [3.63, 3.8) is 0 Å². The smallest absolute Gasteiger partial charge is 0.281 e. The van der Waals surface area contributed by atoms with Crippen LogP contribution in [0.2, 0.25) is 5.02 Å². The van der Waals surface area contributed by atoms with Crippen molar-refractivity contribution in [3.8, 4) is 11.5 Å². The second-order valence-electron chi connectivity index (χ2n) is 6.08. The Labute approximate surface area is 174 Å². The summed E-state index contributed by atoms with van der Waals surface area (Å²) in [4.78, 5) is 14.3. The molecule has 3 rings (SSSR count). The number of halogens is 1. The lowest BCUT2D eigenvalue weighted by Gasteiger charge is -2.14. The fraction of sp³-hybridized carbons (Fsp3) is 0.238. The molecule has 0 radical (unpaired) electrons. The molecule has 1 aliphatic rings. The predicted octanol–water partition coefficient (Wildman–Crippen LogP) is 4.79. The second kappa shape index (κ2) is 9.08. The molecule has 2 aromatic rings. The number of para-hydroxylation sites is 1. The van der Waals surface area contributed by atoms with Gasteiger partial charge in [-0.05, 0) is 61.5 Å². The molecule has 0 aromatic heterocycles. The van der Waals surface area contributed by atoms with E-state index in [-0.39, 0.29) is 5.91 Å². The monoisotopic (exact) mass is 416 g/mol. The van der Waals surface area contributed by atoms with Gasteiger partial charge in [0.15, 0.2) is 16.6 Å². The summed E-state index contributed by atoms with van der Waals surface area (Å²) < 4.78 is 11.4. The summed E-state index contributed by atoms with van der Waals surface area (Å²) in [6.45, 7) is 4.93. The fourth-order valence-corrected chi connectivity index (χ4v) is 3.36. The number of rotatable bonds is 7. The van der Waals surface area contributed by atoms with Gasteiger partial charge < -0.3 is 14.8 Å². The van der Waals surface area contributed by atoms with E-state index in [0.717, 1.165) is 6.42 Å². The molecular formula is C21H21ClN2O3S. The van der Waals surface area contributed by atoms with Crippen LogP contribution in [0, 0.1) is 0 Å². The maximum Gasteiger partial charge on any atom is 0.281 e. The number of anilines is 1. The fourth-order valence-electron chi connectivity index (χ4n) is 2.79. The number of ether oxygens (including phenoxy) is 2. The largest absolute Gasteiger partial charge is 0.490 e. The zero-order valence-corrected chi connectivity index (χ0v) is 17.3. The molecule has 146 valence electrons. The minimum absolute atomic E-state index is 0.225. The van der Waals surface area contributed by atoms with Crippen molar-refractivity contribution in [2.24, 2.45) is 0 Å². The highest BCUT2D eigenvalue weighted by Gasteiger charge is 2.31. The van der Waals surface area contributed by atoms with Gasteiger partial charge in [0.05, 0.1) is 23.9 Å². The zero-order chi connectivity index (χ0) is 20.1. The standard InChI is InChI=1S/C21H21ClN2O3S/c1-3-10-27-19-16(22)11-14(13-18(19)26-4-2)12-17-20(25)24(21(28)23-17)15-8-6-5-7-9-15/h5-9,11-13H,3-4,10H2,1-2H3,(H,23,28)/b17-12-. The van der Waals surface area contributed by atoms with Crippen molar-refractivity contribution < 1.29 is 14.3 Å². The van der Waals surface area contributed by atoms with E-state index in [1.165, 1.54) is 4.90 Å². The minimum atomic E-state index is -0.225. The number of carbonyl (C=O) groups is 1. The molecule has 0 unspecified atom stereocenters. The van der Waals surface area contributed by atoms with Crippen molar-refractivity contribution >= 4 is 46.6 Å². The summed E-state index contributed by atoms with van der Waals surface area (Å²) in [5.74, 6) is 0.833. The molecule has 0 spiro atoms. The van der Waals surface area contributed by atoms with Crippen LogP contribution < -0.4 is 19.7 Å². The summed E-state index contributed by atoms with van der Waals surface area (Å²) in [7, 11) is 0. The Hall–Kier alpha value is -2.57. The molecule has 0 atom stereocenters. The first-order valence-electron chi connectivity index (χ1n) is 9.06. The molecule has 1 aliphatic heterocycles. The van der Waals surface area contributed by atoms with Gasteiger partial charge in [-0.2, -0.15) is 0 Å². The van der Waals surface area contributed by atoms with Gasteiger partial charge in [-0.15, -0.1) is 0 Å². The Morgan fingerprint density at radius 1 is 1.18 bits per heavy atom. The Kier molecular flexibility index (Phi) is 6.54. The lowest BCUT2D eigenvalue weighted by atomic mass is 10.1. The SMILES string of the molecule is CCCOc1c(Cl)cc(/C=C2\NC(=S)N(c3ccccc3)C2=O)cc1OCC. The summed E-state index contributed by atoms with van der Waals surface area (Å²) >= 11 is 11.7. The molecule has 0 saturated carbocycles. The molecule has 1 amide bonds. The van der Waals surface area contributed by atoms with Gasteiger partial charge in [0, 0.05) is 0 Å². The van der Waals surface area contributed by atoms with Crippen LogP contribution in [0.3, 0.4) is 0 Å².